The van der Waals surface area contributed by atoms with Gasteiger partial charge in [0, 0.05) is 0 Å². The Morgan fingerprint density at radius 1 is 0.240 bits per heavy atom. The molecule has 4 saturated heterocycles. The van der Waals surface area contributed by atoms with E-state index in [-0.39, 0.29) is 0 Å². The highest BCUT2D eigenvalue weighted by atomic mass is 32.4. The van der Waals surface area contributed by atoms with Gasteiger partial charge in [-0.15, -0.1) is 70.6 Å². The molecule has 50 heavy (non-hydrogen) atoms. The fourth-order valence-corrected chi connectivity index (χ4v) is 31.6. The van der Waals surface area contributed by atoms with Crippen LogP contribution in [0.25, 0.3) is 0 Å². The van der Waals surface area contributed by atoms with E-state index in [1.165, 1.54) is 180 Å². The molecule has 4 unspecified atom stereocenters. The highest BCUT2D eigenvalue weighted by molar-refractivity contribution is 8.64. The van der Waals surface area contributed by atoms with Crippen LogP contribution >= 0.6 is 70.6 Å². The lowest BCUT2D eigenvalue weighted by atomic mass is 9.96. The molecule has 4 heterocycles. The quantitative estimate of drug-likeness (QED) is 0.0617. The largest absolute Gasteiger partial charge is 0.116 e. The molecule has 0 aromatic carbocycles. The van der Waals surface area contributed by atoms with Gasteiger partial charge in [-0.05, 0) is 75.0 Å². The van der Waals surface area contributed by atoms with Crippen molar-refractivity contribution in [2.45, 2.75) is 249 Å². The van der Waals surface area contributed by atoms with Crippen molar-refractivity contribution in [2.75, 3.05) is 0 Å². The standard InChI is InChI=1S/C44H84S6/c1-9-17-21-25-33-37(29-13-5)41-45-42(38(30-14-6)34-26-22-18-10-2)48-43(46-41,39(31-15-7)35-27-23-19-11-3)50-44(47-41,49-42)40(32-16-8)36-28-24-20-12-4/h37-40H,9-36H2,1-8H3. The molecular weight excluding hydrogens is 721 g/mol. The Morgan fingerprint density at radius 3 is 0.600 bits per heavy atom. The van der Waals surface area contributed by atoms with Gasteiger partial charge < -0.3 is 0 Å². The Morgan fingerprint density at radius 2 is 0.440 bits per heavy atom. The zero-order chi connectivity index (χ0) is 36.4. The predicted octanol–water partition coefficient (Wildman–Crippen LogP) is 18.6. The first-order valence-corrected chi connectivity index (χ1v) is 27.4. The normalized spacial score (nSPS) is 29.8. The van der Waals surface area contributed by atoms with E-state index in [1.807, 2.05) is 0 Å². The zero-order valence-corrected chi connectivity index (χ0v) is 39.5. The van der Waals surface area contributed by atoms with Gasteiger partial charge in [-0.2, -0.15) is 0 Å². The van der Waals surface area contributed by atoms with Crippen molar-refractivity contribution in [3.05, 3.63) is 0 Å². The average molecular weight is 806 g/mol. The summed E-state index contributed by atoms with van der Waals surface area (Å²) in [4.78, 5) is 0. The van der Waals surface area contributed by atoms with Gasteiger partial charge in [0.1, 0.15) is 13.6 Å². The van der Waals surface area contributed by atoms with Gasteiger partial charge in [-0.25, -0.2) is 0 Å². The predicted molar refractivity (Wildman–Crippen MR) is 245 cm³/mol. The minimum Gasteiger partial charge on any atom is -0.104 e. The van der Waals surface area contributed by atoms with E-state index in [4.69, 9.17) is 0 Å². The summed E-state index contributed by atoms with van der Waals surface area (Å²) in [6, 6.07) is 0. The minimum atomic E-state index is 0.310. The van der Waals surface area contributed by atoms with E-state index in [0.717, 1.165) is 23.7 Å². The maximum Gasteiger partial charge on any atom is 0.116 e. The van der Waals surface area contributed by atoms with Crippen LogP contribution in [0.5, 0.6) is 0 Å². The van der Waals surface area contributed by atoms with Crippen molar-refractivity contribution in [1.82, 2.24) is 0 Å². The van der Waals surface area contributed by atoms with Crippen LogP contribution in [0.15, 0.2) is 0 Å². The molecule has 4 rings (SSSR count). The molecule has 296 valence electrons. The minimum absolute atomic E-state index is 0.310. The van der Waals surface area contributed by atoms with E-state index in [9.17, 15) is 0 Å². The first-order valence-electron chi connectivity index (χ1n) is 22.5. The molecule has 0 spiro atoms. The highest BCUT2D eigenvalue weighted by Gasteiger charge is 2.76. The topological polar surface area (TPSA) is 0 Å². The molecule has 4 aliphatic heterocycles. The van der Waals surface area contributed by atoms with Gasteiger partial charge in [-0.3, -0.25) is 0 Å². The van der Waals surface area contributed by atoms with Crippen molar-refractivity contribution < 1.29 is 0 Å². The van der Waals surface area contributed by atoms with E-state index in [2.05, 4.69) is 126 Å². The van der Waals surface area contributed by atoms with Gasteiger partial charge in [-0.1, -0.05) is 184 Å². The molecule has 0 aromatic heterocycles. The molecule has 4 atom stereocenters. The first kappa shape index (κ1) is 46.5. The van der Waals surface area contributed by atoms with Gasteiger partial charge >= 0.3 is 0 Å². The van der Waals surface area contributed by atoms with Crippen LogP contribution in [-0.4, -0.2) is 13.6 Å². The number of hydrogen-bond acceptors (Lipinski definition) is 6. The molecule has 0 aliphatic carbocycles. The number of thioether (sulfide) groups is 6. The molecular formula is C44H84S6. The van der Waals surface area contributed by atoms with Gasteiger partial charge in [0.2, 0.25) is 0 Å². The zero-order valence-electron chi connectivity index (χ0n) is 34.6. The van der Waals surface area contributed by atoms with Crippen molar-refractivity contribution in [3.8, 4) is 0 Å². The number of hydrogen-bond donors (Lipinski definition) is 0. The van der Waals surface area contributed by atoms with Crippen LogP contribution in [0, 0.1) is 23.7 Å². The lowest BCUT2D eigenvalue weighted by Gasteiger charge is -2.72. The third kappa shape index (κ3) is 12.6. The second kappa shape index (κ2) is 24.7. The maximum atomic E-state index is 2.60. The number of rotatable bonds is 32. The summed E-state index contributed by atoms with van der Waals surface area (Å²) >= 11 is 15.6. The number of unbranched alkanes of at least 4 members (excludes halogenated alkanes) is 12. The Hall–Kier alpha value is 2.10. The maximum absolute atomic E-state index is 2.60. The Bertz CT molecular complexity index is 703. The summed E-state index contributed by atoms with van der Waals surface area (Å²) in [6.07, 6.45) is 39.6. The molecule has 4 fully saturated rings. The summed E-state index contributed by atoms with van der Waals surface area (Å²) in [6.45, 7) is 19.6. The second-order valence-corrected chi connectivity index (χ2v) is 28.4. The van der Waals surface area contributed by atoms with Gasteiger partial charge in [0.25, 0.3) is 0 Å². The molecule has 4 bridgehead atoms. The summed E-state index contributed by atoms with van der Waals surface area (Å²) in [5.41, 5.74) is 0. The Kier molecular flexibility index (Phi) is 22.9. The van der Waals surface area contributed by atoms with Crippen LogP contribution < -0.4 is 0 Å². The molecule has 0 radical (unpaired) electrons. The third-order valence-electron chi connectivity index (χ3n) is 11.9. The molecule has 6 heteroatoms. The summed E-state index contributed by atoms with van der Waals surface area (Å²) in [5.74, 6) is 3.32. The SMILES string of the molecule is CCCCCCC(CCC)C12SC3(C(CCC)CCCCCC)SC(C(CCC)CCCCCC)(S1)SC(C(CCC)CCCCCC)(S2)S3. The highest BCUT2D eigenvalue weighted by Crippen LogP contribution is 2.94. The van der Waals surface area contributed by atoms with E-state index >= 15 is 0 Å². The molecule has 0 saturated carbocycles. The molecule has 4 aliphatic rings. The van der Waals surface area contributed by atoms with Crippen LogP contribution in [0.2, 0.25) is 0 Å². The molecule has 0 amide bonds. The summed E-state index contributed by atoms with van der Waals surface area (Å²) in [7, 11) is 0. The van der Waals surface area contributed by atoms with Gasteiger partial charge in [0.15, 0.2) is 0 Å². The molecule has 0 N–H and O–H groups in total. The van der Waals surface area contributed by atoms with Crippen molar-refractivity contribution in [1.29, 1.82) is 0 Å². The van der Waals surface area contributed by atoms with Crippen LogP contribution in [0.4, 0.5) is 0 Å². The van der Waals surface area contributed by atoms with Crippen molar-refractivity contribution in [3.63, 3.8) is 0 Å². The fraction of sp³-hybridized carbons (Fsp3) is 1.00. The first-order chi connectivity index (χ1) is 24.3. The van der Waals surface area contributed by atoms with Crippen LogP contribution in [-0.2, 0) is 0 Å². The summed E-state index contributed by atoms with van der Waals surface area (Å²) in [5, 5.41) is 0. The Labute approximate surface area is 340 Å². The fourth-order valence-electron chi connectivity index (χ4n) is 9.10. The van der Waals surface area contributed by atoms with Gasteiger partial charge in [0.05, 0.1) is 0 Å². The van der Waals surface area contributed by atoms with Crippen molar-refractivity contribution >= 4 is 70.6 Å². The lowest BCUT2D eigenvalue weighted by molar-refractivity contribution is 0.393. The molecule has 0 nitrogen and oxygen atoms in total. The van der Waals surface area contributed by atoms with Crippen LogP contribution in [0.3, 0.4) is 0 Å². The van der Waals surface area contributed by atoms with E-state index in [1.54, 1.807) is 0 Å². The monoisotopic (exact) mass is 804 g/mol. The third-order valence-corrected chi connectivity index (χ3v) is 25.3. The lowest BCUT2D eigenvalue weighted by Crippen LogP contribution is -2.61. The summed E-state index contributed by atoms with van der Waals surface area (Å²) < 4.78 is 1.24. The van der Waals surface area contributed by atoms with Crippen LogP contribution in [0.1, 0.15) is 235 Å². The van der Waals surface area contributed by atoms with Crippen molar-refractivity contribution in [2.24, 2.45) is 23.7 Å². The Balaban J connectivity index is 2.22. The van der Waals surface area contributed by atoms with E-state index in [0.29, 0.717) is 13.6 Å². The second-order valence-electron chi connectivity index (χ2n) is 16.4. The van der Waals surface area contributed by atoms with E-state index < -0.39 is 0 Å². The average Bonchev–Trinajstić information content (AvgIpc) is 3.09. The molecule has 0 aromatic rings. The smallest absolute Gasteiger partial charge is 0.104 e.